The summed E-state index contributed by atoms with van der Waals surface area (Å²) in [5.41, 5.74) is 6.68. The monoisotopic (exact) mass is 722 g/mol. The molecule has 1 atom stereocenters. The van der Waals surface area contributed by atoms with Crippen LogP contribution in [0.5, 0.6) is 0 Å². The van der Waals surface area contributed by atoms with Crippen molar-refractivity contribution in [3.63, 3.8) is 0 Å². The Morgan fingerprint density at radius 1 is 0.527 bits per heavy atom. The summed E-state index contributed by atoms with van der Waals surface area (Å²) < 4.78 is 0. The molecule has 0 saturated heterocycles. The van der Waals surface area contributed by atoms with Crippen molar-refractivity contribution in [2.75, 3.05) is 16.3 Å². The van der Waals surface area contributed by atoms with Crippen molar-refractivity contribution in [1.29, 1.82) is 0 Å². The molecule has 0 heterocycles. The predicted molar refractivity (Wildman–Crippen MR) is 225 cm³/mol. The van der Waals surface area contributed by atoms with E-state index in [9.17, 15) is 9.59 Å². The molecule has 4 nitrogen and oxygen atoms in total. The second-order valence-corrected chi connectivity index (χ2v) is 15.1. The fraction of sp³-hybridized carbons (Fsp3) is 0.294. The van der Waals surface area contributed by atoms with Gasteiger partial charge in [0, 0.05) is 57.3 Å². The molecule has 5 aromatic carbocycles. The van der Waals surface area contributed by atoms with Crippen LogP contribution in [-0.4, -0.2) is 24.4 Å². The lowest BCUT2D eigenvalue weighted by Gasteiger charge is -2.37. The van der Waals surface area contributed by atoms with E-state index >= 15 is 0 Å². The molecule has 2 saturated carbocycles. The average Bonchev–Trinajstić information content (AvgIpc) is 3.26. The van der Waals surface area contributed by atoms with Crippen molar-refractivity contribution in [3.8, 4) is 23.7 Å². The van der Waals surface area contributed by atoms with E-state index in [1.165, 1.54) is 51.4 Å². The Morgan fingerprint density at radius 3 is 1.51 bits per heavy atom. The van der Waals surface area contributed by atoms with Crippen molar-refractivity contribution >= 4 is 23.2 Å². The van der Waals surface area contributed by atoms with Gasteiger partial charge >= 0.3 is 0 Å². The minimum absolute atomic E-state index is 0.0390. The largest absolute Gasteiger partial charge is 0.308 e. The van der Waals surface area contributed by atoms with Crippen molar-refractivity contribution in [2.24, 2.45) is 11.8 Å². The molecule has 2 aliphatic carbocycles. The maximum absolute atomic E-state index is 13.9. The van der Waals surface area contributed by atoms with Crippen LogP contribution >= 0.6 is 0 Å². The highest BCUT2D eigenvalue weighted by atomic mass is 16.2. The van der Waals surface area contributed by atoms with Crippen LogP contribution in [0, 0.1) is 35.5 Å². The summed E-state index contributed by atoms with van der Waals surface area (Å²) in [6.45, 7) is 2.94. The molecule has 2 amide bonds. The Bertz CT molecular complexity index is 2160. The fourth-order valence-electron chi connectivity index (χ4n) is 8.16. The van der Waals surface area contributed by atoms with E-state index in [4.69, 9.17) is 0 Å². The molecule has 7 rings (SSSR count). The van der Waals surface area contributed by atoms with Crippen LogP contribution in [0.3, 0.4) is 0 Å². The van der Waals surface area contributed by atoms with Gasteiger partial charge in [-0.05, 0) is 129 Å². The Labute approximate surface area is 327 Å². The Kier molecular flexibility index (Phi) is 12.6. The number of anilines is 2. The van der Waals surface area contributed by atoms with Crippen LogP contribution in [0.4, 0.5) is 11.4 Å². The summed E-state index contributed by atoms with van der Waals surface area (Å²) in [5, 5.41) is 0. The summed E-state index contributed by atoms with van der Waals surface area (Å²) in [7, 11) is 0. The predicted octanol–water partition coefficient (Wildman–Crippen LogP) is 11.3. The van der Waals surface area contributed by atoms with Crippen LogP contribution in [0.1, 0.15) is 114 Å². The molecule has 5 aromatic rings. The lowest BCUT2D eigenvalue weighted by Crippen LogP contribution is -2.43. The van der Waals surface area contributed by atoms with Crippen LogP contribution in [0.15, 0.2) is 133 Å². The lowest BCUT2D eigenvalue weighted by molar-refractivity contribution is 0.0962. The fourth-order valence-corrected chi connectivity index (χ4v) is 8.16. The van der Waals surface area contributed by atoms with Crippen molar-refractivity contribution in [3.05, 3.63) is 167 Å². The number of rotatable bonds is 8. The molecule has 276 valence electrons. The molecule has 4 heteroatoms. The van der Waals surface area contributed by atoms with E-state index in [-0.39, 0.29) is 17.9 Å². The van der Waals surface area contributed by atoms with Crippen LogP contribution < -0.4 is 9.80 Å². The van der Waals surface area contributed by atoms with Crippen LogP contribution in [0.2, 0.25) is 0 Å². The van der Waals surface area contributed by atoms with E-state index in [2.05, 4.69) is 30.6 Å². The Balaban J connectivity index is 1.08. The third kappa shape index (κ3) is 9.64. The molecule has 0 aromatic heterocycles. The maximum Gasteiger partial charge on any atom is 0.258 e. The number of hydrogen-bond donors (Lipinski definition) is 0. The number of carbonyl (C=O) groups is 2. The van der Waals surface area contributed by atoms with Gasteiger partial charge in [0.1, 0.15) is 0 Å². The van der Waals surface area contributed by atoms with Crippen molar-refractivity contribution in [2.45, 2.75) is 77.2 Å². The minimum Gasteiger partial charge on any atom is -0.308 e. The zero-order valence-electron chi connectivity index (χ0n) is 31.9. The van der Waals surface area contributed by atoms with Gasteiger partial charge in [-0.3, -0.25) is 9.59 Å². The SMILES string of the molecule is C[C@H](C1CCCCC1)N(C(=O)c1ccccc1)c1ccc(C#Cc2ccccc2C#Cc2ccc(N(CC3CCCCC3)C(=O)c3ccccc3)cc2)cc1. The molecule has 2 aliphatic rings. The summed E-state index contributed by atoms with van der Waals surface area (Å²) in [6, 6.07) is 43.4. The molecule has 0 bridgehead atoms. The van der Waals surface area contributed by atoms with Gasteiger partial charge in [0.05, 0.1) is 0 Å². The topological polar surface area (TPSA) is 40.6 Å². The van der Waals surface area contributed by atoms with E-state index in [1.54, 1.807) is 0 Å². The smallest absolute Gasteiger partial charge is 0.258 e. The van der Waals surface area contributed by atoms with Crippen LogP contribution in [0.25, 0.3) is 0 Å². The van der Waals surface area contributed by atoms with Gasteiger partial charge in [-0.2, -0.15) is 0 Å². The first kappa shape index (κ1) is 37.5. The Hall–Kier alpha value is -5.84. The normalized spacial score (nSPS) is 15.1. The first-order valence-electron chi connectivity index (χ1n) is 20.1. The number of amides is 2. The molecule has 2 fully saturated rings. The third-order valence-corrected chi connectivity index (χ3v) is 11.3. The summed E-state index contributed by atoms with van der Waals surface area (Å²) >= 11 is 0. The van der Waals surface area contributed by atoms with Crippen molar-refractivity contribution < 1.29 is 9.59 Å². The zero-order chi connectivity index (χ0) is 37.8. The van der Waals surface area contributed by atoms with Crippen molar-refractivity contribution in [1.82, 2.24) is 0 Å². The zero-order valence-corrected chi connectivity index (χ0v) is 31.9. The highest BCUT2D eigenvalue weighted by Crippen LogP contribution is 2.33. The van der Waals surface area contributed by atoms with E-state index in [0.29, 0.717) is 23.0 Å². The summed E-state index contributed by atoms with van der Waals surface area (Å²) in [5.74, 6) is 14.5. The number of carbonyl (C=O) groups excluding carboxylic acids is 2. The van der Waals surface area contributed by atoms with Gasteiger partial charge in [-0.15, -0.1) is 0 Å². The molecule has 0 spiro atoms. The Morgan fingerprint density at radius 2 is 0.982 bits per heavy atom. The highest BCUT2D eigenvalue weighted by molar-refractivity contribution is 6.07. The van der Waals surface area contributed by atoms with Gasteiger partial charge in [-0.25, -0.2) is 0 Å². The molecule has 0 radical (unpaired) electrons. The number of nitrogens with zero attached hydrogens (tertiary/aromatic N) is 2. The van der Waals surface area contributed by atoms with Gasteiger partial charge in [0.15, 0.2) is 0 Å². The van der Waals surface area contributed by atoms with Gasteiger partial charge in [0.25, 0.3) is 11.8 Å². The van der Waals surface area contributed by atoms with Crippen LogP contribution in [-0.2, 0) is 0 Å². The average molecular weight is 723 g/mol. The lowest BCUT2D eigenvalue weighted by atomic mass is 9.83. The van der Waals surface area contributed by atoms with E-state index < -0.39 is 0 Å². The second kappa shape index (κ2) is 18.5. The minimum atomic E-state index is 0.0390. The van der Waals surface area contributed by atoms with E-state index in [0.717, 1.165) is 53.0 Å². The summed E-state index contributed by atoms with van der Waals surface area (Å²) in [4.78, 5) is 31.5. The molecule has 55 heavy (non-hydrogen) atoms. The van der Waals surface area contributed by atoms with E-state index in [1.807, 2.05) is 143 Å². The second-order valence-electron chi connectivity index (χ2n) is 15.1. The van der Waals surface area contributed by atoms with Gasteiger partial charge < -0.3 is 9.80 Å². The number of hydrogen-bond acceptors (Lipinski definition) is 2. The first-order valence-corrected chi connectivity index (χ1v) is 20.1. The highest BCUT2D eigenvalue weighted by Gasteiger charge is 2.30. The molecule has 0 N–H and O–H groups in total. The molecule has 0 aliphatic heterocycles. The third-order valence-electron chi connectivity index (χ3n) is 11.3. The number of benzene rings is 5. The maximum atomic E-state index is 13.9. The standard InChI is InChI=1S/C51H50N2O2/c1-39(43-18-8-3-9-19-43)53(51(55)47-24-12-5-13-25-47)49-36-30-41(31-37-49)27-33-45-21-15-14-20-44(45)32-26-40-28-34-48(35-29-40)52(38-42-16-6-2-7-17-42)50(54)46-22-10-4-11-23-46/h4-5,10-15,20-25,28-31,34-37,39,42-43H,2-3,6-9,16-19,38H2,1H3/t39-/m1/s1. The first-order chi connectivity index (χ1) is 27.0. The van der Waals surface area contributed by atoms with Gasteiger partial charge in [-0.1, -0.05) is 111 Å². The molecular weight excluding hydrogens is 673 g/mol. The molecule has 0 unspecified atom stereocenters. The summed E-state index contributed by atoms with van der Waals surface area (Å²) in [6.07, 6.45) is 12.2. The molecular formula is C51H50N2O2. The van der Waals surface area contributed by atoms with Gasteiger partial charge in [0.2, 0.25) is 0 Å². The quantitative estimate of drug-likeness (QED) is 0.150.